The summed E-state index contributed by atoms with van der Waals surface area (Å²) in [5.74, 6) is 6.42. The SMILES string of the molecule is C[C@H]1CN([C@@H](C)CO)S(=O)(=O)c2ccc(C#Cc3ccccc3)cc2O[C@@H]1CN(C)C. The average molecular weight is 443 g/mol. The van der Waals surface area contributed by atoms with Crippen LogP contribution in [0.15, 0.2) is 53.4 Å². The highest BCUT2D eigenvalue weighted by Crippen LogP contribution is 2.34. The van der Waals surface area contributed by atoms with Crippen molar-refractivity contribution in [2.24, 2.45) is 5.92 Å². The molecule has 31 heavy (non-hydrogen) atoms. The lowest BCUT2D eigenvalue weighted by Crippen LogP contribution is -2.49. The van der Waals surface area contributed by atoms with E-state index in [4.69, 9.17) is 4.74 Å². The van der Waals surface area contributed by atoms with Gasteiger partial charge < -0.3 is 14.7 Å². The average Bonchev–Trinajstić information content (AvgIpc) is 2.74. The molecule has 1 aliphatic rings. The largest absolute Gasteiger partial charge is 0.487 e. The zero-order valence-electron chi connectivity index (χ0n) is 18.4. The third-order valence-corrected chi connectivity index (χ3v) is 7.36. The van der Waals surface area contributed by atoms with E-state index in [2.05, 4.69) is 11.8 Å². The molecular formula is C24H30N2O4S. The van der Waals surface area contributed by atoms with Gasteiger partial charge in [-0.1, -0.05) is 37.0 Å². The fourth-order valence-corrected chi connectivity index (χ4v) is 5.37. The zero-order valence-corrected chi connectivity index (χ0v) is 19.3. The Labute approximate surface area is 185 Å². The highest BCUT2D eigenvalue weighted by atomic mass is 32.2. The van der Waals surface area contributed by atoms with E-state index in [1.807, 2.05) is 56.3 Å². The van der Waals surface area contributed by atoms with Crippen molar-refractivity contribution in [1.82, 2.24) is 9.21 Å². The van der Waals surface area contributed by atoms with E-state index < -0.39 is 16.1 Å². The van der Waals surface area contributed by atoms with Crippen LogP contribution >= 0.6 is 0 Å². The van der Waals surface area contributed by atoms with E-state index >= 15 is 0 Å². The predicted molar refractivity (Wildman–Crippen MR) is 121 cm³/mol. The minimum atomic E-state index is -3.84. The molecule has 0 unspecified atom stereocenters. The molecule has 2 aromatic carbocycles. The Morgan fingerprint density at radius 1 is 1.16 bits per heavy atom. The molecule has 0 saturated carbocycles. The highest BCUT2D eigenvalue weighted by molar-refractivity contribution is 7.89. The number of aliphatic hydroxyl groups excluding tert-OH is 1. The van der Waals surface area contributed by atoms with Gasteiger partial charge in [-0.2, -0.15) is 4.31 Å². The van der Waals surface area contributed by atoms with E-state index in [0.717, 1.165) is 5.56 Å². The van der Waals surface area contributed by atoms with Gasteiger partial charge >= 0.3 is 0 Å². The number of ether oxygens (including phenoxy) is 1. The molecule has 3 rings (SSSR count). The quantitative estimate of drug-likeness (QED) is 0.737. The Hall–Kier alpha value is -2.37. The monoisotopic (exact) mass is 442 g/mol. The Balaban J connectivity index is 2.08. The van der Waals surface area contributed by atoms with Crippen molar-refractivity contribution in [2.75, 3.05) is 33.8 Å². The van der Waals surface area contributed by atoms with Crippen molar-refractivity contribution in [1.29, 1.82) is 0 Å². The van der Waals surface area contributed by atoms with Gasteiger partial charge in [-0.3, -0.25) is 0 Å². The normalized spacial score (nSPS) is 21.7. The molecule has 0 spiro atoms. The summed E-state index contributed by atoms with van der Waals surface area (Å²) in [6.45, 7) is 4.36. The van der Waals surface area contributed by atoms with Crippen molar-refractivity contribution < 1.29 is 18.3 Å². The molecular weight excluding hydrogens is 412 g/mol. The fraction of sp³-hybridized carbons (Fsp3) is 0.417. The topological polar surface area (TPSA) is 70.1 Å². The second kappa shape index (κ2) is 9.84. The van der Waals surface area contributed by atoms with Crippen molar-refractivity contribution in [3.8, 4) is 17.6 Å². The first-order valence-electron chi connectivity index (χ1n) is 10.4. The molecule has 0 aliphatic carbocycles. The lowest BCUT2D eigenvalue weighted by Gasteiger charge is -2.37. The maximum atomic E-state index is 13.4. The van der Waals surface area contributed by atoms with Gasteiger partial charge in [-0.25, -0.2) is 8.42 Å². The first-order chi connectivity index (χ1) is 14.7. The van der Waals surface area contributed by atoms with Crippen LogP contribution in [0.2, 0.25) is 0 Å². The number of aliphatic hydroxyl groups is 1. The van der Waals surface area contributed by atoms with Crippen LogP contribution in [0.3, 0.4) is 0 Å². The van der Waals surface area contributed by atoms with Gasteiger partial charge in [-0.15, -0.1) is 0 Å². The maximum Gasteiger partial charge on any atom is 0.247 e. The zero-order chi connectivity index (χ0) is 22.6. The maximum absolute atomic E-state index is 13.4. The van der Waals surface area contributed by atoms with Gasteiger partial charge in [0.25, 0.3) is 0 Å². The molecule has 0 fully saturated rings. The van der Waals surface area contributed by atoms with E-state index in [0.29, 0.717) is 17.9 Å². The standard InChI is InChI=1S/C24H30N2O4S/c1-18-15-26(19(2)17-27)31(28,29)24-13-12-21(11-10-20-8-6-5-7-9-20)14-22(24)30-23(18)16-25(3)4/h5-9,12-14,18-19,23,27H,15-17H2,1-4H3/t18-,19-,23+/m0/s1. The van der Waals surface area contributed by atoms with E-state index in [1.54, 1.807) is 25.1 Å². The van der Waals surface area contributed by atoms with Gasteiger partial charge in [0.15, 0.2) is 0 Å². The molecule has 0 radical (unpaired) electrons. The number of rotatable bonds is 4. The van der Waals surface area contributed by atoms with Crippen LogP contribution in [-0.2, 0) is 10.0 Å². The molecule has 7 heteroatoms. The molecule has 0 amide bonds. The van der Waals surface area contributed by atoms with Crippen LogP contribution in [0.4, 0.5) is 0 Å². The number of fused-ring (bicyclic) bond motifs is 1. The third-order valence-electron chi connectivity index (χ3n) is 5.34. The smallest absolute Gasteiger partial charge is 0.247 e. The van der Waals surface area contributed by atoms with Crippen LogP contribution in [0, 0.1) is 17.8 Å². The van der Waals surface area contributed by atoms with Crippen molar-refractivity contribution >= 4 is 10.0 Å². The van der Waals surface area contributed by atoms with Gasteiger partial charge in [0.05, 0.1) is 6.61 Å². The Morgan fingerprint density at radius 3 is 2.48 bits per heavy atom. The number of nitrogens with zero attached hydrogens (tertiary/aromatic N) is 2. The molecule has 0 aromatic heterocycles. The predicted octanol–water partition coefficient (Wildman–Crippen LogP) is 2.42. The third kappa shape index (κ3) is 5.46. The Bertz CT molecular complexity index is 1060. The van der Waals surface area contributed by atoms with Crippen molar-refractivity contribution in [2.45, 2.75) is 30.9 Å². The second-order valence-corrected chi connectivity index (χ2v) is 10.1. The number of hydrogen-bond acceptors (Lipinski definition) is 5. The number of sulfonamides is 1. The molecule has 2 aromatic rings. The Kier molecular flexibility index (Phi) is 7.39. The highest BCUT2D eigenvalue weighted by Gasteiger charge is 2.37. The molecule has 6 nitrogen and oxygen atoms in total. The number of benzene rings is 2. The molecule has 1 N–H and O–H groups in total. The van der Waals surface area contributed by atoms with Crippen LogP contribution < -0.4 is 4.74 Å². The number of hydrogen-bond donors (Lipinski definition) is 1. The van der Waals surface area contributed by atoms with Gasteiger partial charge in [0, 0.05) is 36.2 Å². The lowest BCUT2D eigenvalue weighted by molar-refractivity contribution is 0.0812. The first-order valence-corrected chi connectivity index (χ1v) is 11.8. The van der Waals surface area contributed by atoms with Crippen LogP contribution in [-0.4, -0.2) is 68.7 Å². The summed E-state index contributed by atoms with van der Waals surface area (Å²) in [6.07, 6.45) is -0.213. The first kappa shape index (κ1) is 23.3. The van der Waals surface area contributed by atoms with Crippen LogP contribution in [0.5, 0.6) is 5.75 Å². The Morgan fingerprint density at radius 2 is 1.84 bits per heavy atom. The molecule has 166 valence electrons. The van der Waals surface area contributed by atoms with Crippen molar-refractivity contribution in [3.63, 3.8) is 0 Å². The van der Waals surface area contributed by atoms with Crippen LogP contribution in [0.1, 0.15) is 25.0 Å². The molecule has 0 saturated heterocycles. The van der Waals surface area contributed by atoms with Gasteiger partial charge in [0.2, 0.25) is 10.0 Å². The summed E-state index contributed by atoms with van der Waals surface area (Å²) in [5.41, 5.74) is 1.56. The van der Waals surface area contributed by atoms with E-state index in [9.17, 15) is 13.5 Å². The van der Waals surface area contributed by atoms with Crippen molar-refractivity contribution in [3.05, 3.63) is 59.7 Å². The minimum Gasteiger partial charge on any atom is -0.487 e. The van der Waals surface area contributed by atoms with Gasteiger partial charge in [0.1, 0.15) is 16.7 Å². The summed E-state index contributed by atoms with van der Waals surface area (Å²) in [4.78, 5) is 2.13. The van der Waals surface area contributed by atoms with E-state index in [-0.39, 0.29) is 30.1 Å². The van der Waals surface area contributed by atoms with Crippen LogP contribution in [0.25, 0.3) is 0 Å². The summed E-state index contributed by atoms with van der Waals surface area (Å²) in [5, 5.41) is 9.69. The summed E-state index contributed by atoms with van der Waals surface area (Å²) >= 11 is 0. The summed E-state index contributed by atoms with van der Waals surface area (Å²) < 4.78 is 34.5. The lowest BCUT2D eigenvalue weighted by atomic mass is 10.0. The fourth-order valence-electron chi connectivity index (χ4n) is 3.55. The summed E-state index contributed by atoms with van der Waals surface area (Å²) in [6, 6.07) is 14.0. The molecule has 1 heterocycles. The molecule has 3 atom stereocenters. The summed E-state index contributed by atoms with van der Waals surface area (Å²) in [7, 11) is 0.0853. The van der Waals surface area contributed by atoms with E-state index in [1.165, 1.54) is 4.31 Å². The minimum absolute atomic E-state index is 0.0709. The molecule has 1 aliphatic heterocycles. The molecule has 0 bridgehead atoms. The second-order valence-electron chi connectivity index (χ2n) is 8.28. The number of likely N-dealkylation sites (N-methyl/N-ethyl adjacent to an activating group) is 1. The van der Waals surface area contributed by atoms with Gasteiger partial charge in [-0.05, 0) is 51.4 Å².